The Kier molecular flexibility index (Phi) is 3.92. The molecule has 26 heavy (non-hydrogen) atoms. The molecule has 130 valence electrons. The first-order valence-corrected chi connectivity index (χ1v) is 7.83. The number of para-hydroxylation sites is 2. The third kappa shape index (κ3) is 2.92. The summed E-state index contributed by atoms with van der Waals surface area (Å²) in [4.78, 5) is 19.7. The lowest BCUT2D eigenvalue weighted by Crippen LogP contribution is -2.23. The van der Waals surface area contributed by atoms with E-state index in [1.165, 1.54) is 23.1 Å². The van der Waals surface area contributed by atoms with Gasteiger partial charge in [0.1, 0.15) is 11.6 Å². The molecule has 6 nitrogen and oxygen atoms in total. The summed E-state index contributed by atoms with van der Waals surface area (Å²) in [6, 6.07) is 11.0. The molecule has 0 saturated heterocycles. The van der Waals surface area contributed by atoms with Crippen molar-refractivity contribution >= 4 is 16.9 Å². The maximum Gasteiger partial charge on any atom is 0.254 e. The Morgan fingerprint density at radius 3 is 2.65 bits per heavy atom. The van der Waals surface area contributed by atoms with Crippen molar-refractivity contribution in [2.45, 2.75) is 6.54 Å². The zero-order valence-electron chi connectivity index (χ0n) is 13.4. The molecule has 4 aromatic rings. The second kappa shape index (κ2) is 6.40. The van der Waals surface area contributed by atoms with Gasteiger partial charge in [-0.05, 0) is 24.3 Å². The van der Waals surface area contributed by atoms with E-state index >= 15 is 0 Å². The Balaban J connectivity index is 1.51. The van der Waals surface area contributed by atoms with Crippen molar-refractivity contribution in [3.8, 4) is 5.95 Å². The first kappa shape index (κ1) is 15.9. The lowest BCUT2D eigenvalue weighted by molar-refractivity contribution is 0.0950. The summed E-state index contributed by atoms with van der Waals surface area (Å²) in [6.07, 6.45) is 2.85. The van der Waals surface area contributed by atoms with Crippen LogP contribution in [0.3, 0.4) is 0 Å². The summed E-state index contributed by atoms with van der Waals surface area (Å²) in [5.74, 6) is -1.44. The van der Waals surface area contributed by atoms with Crippen LogP contribution in [0.25, 0.3) is 17.0 Å². The van der Waals surface area contributed by atoms with Crippen molar-refractivity contribution in [2.75, 3.05) is 0 Å². The molecule has 0 atom stereocenters. The van der Waals surface area contributed by atoms with Gasteiger partial charge in [0, 0.05) is 18.3 Å². The fourth-order valence-electron chi connectivity index (χ4n) is 2.58. The van der Waals surface area contributed by atoms with Crippen molar-refractivity contribution < 1.29 is 13.6 Å². The van der Waals surface area contributed by atoms with Crippen LogP contribution in [0, 0.1) is 11.6 Å². The molecule has 0 fully saturated rings. The number of hydrogen-bond acceptors (Lipinski definition) is 3. The van der Waals surface area contributed by atoms with Gasteiger partial charge in [0.15, 0.2) is 0 Å². The molecule has 2 N–H and O–H groups in total. The number of benzene rings is 2. The number of nitrogens with zero attached hydrogens (tertiary/aromatic N) is 3. The van der Waals surface area contributed by atoms with Gasteiger partial charge in [0.25, 0.3) is 5.91 Å². The molecule has 1 amide bonds. The highest BCUT2D eigenvalue weighted by Crippen LogP contribution is 2.14. The number of carbonyl (C=O) groups excluding carboxylic acids is 1. The van der Waals surface area contributed by atoms with E-state index in [0.717, 1.165) is 23.2 Å². The van der Waals surface area contributed by atoms with E-state index in [1.54, 1.807) is 0 Å². The summed E-state index contributed by atoms with van der Waals surface area (Å²) < 4.78 is 28.6. The largest absolute Gasteiger partial charge is 0.348 e. The molecule has 0 aliphatic carbocycles. The Bertz CT molecular complexity index is 1050. The number of rotatable bonds is 4. The minimum absolute atomic E-state index is 0.189. The van der Waals surface area contributed by atoms with Crippen molar-refractivity contribution in [1.82, 2.24) is 25.1 Å². The van der Waals surface area contributed by atoms with E-state index in [1.807, 2.05) is 24.3 Å². The highest BCUT2D eigenvalue weighted by Gasteiger charge is 2.14. The highest BCUT2D eigenvalue weighted by molar-refractivity contribution is 5.93. The van der Waals surface area contributed by atoms with Crippen LogP contribution < -0.4 is 5.32 Å². The predicted molar refractivity (Wildman–Crippen MR) is 90.7 cm³/mol. The smallest absolute Gasteiger partial charge is 0.254 e. The number of fused-ring (bicyclic) bond motifs is 1. The lowest BCUT2D eigenvalue weighted by atomic mass is 10.2. The summed E-state index contributed by atoms with van der Waals surface area (Å²) in [5, 5.41) is 6.59. The number of imidazole rings is 1. The summed E-state index contributed by atoms with van der Waals surface area (Å²) in [6.45, 7) is -0.257. The fraction of sp³-hybridized carbons (Fsp3) is 0.0556. The van der Waals surface area contributed by atoms with Crippen LogP contribution in [-0.2, 0) is 6.54 Å². The maximum atomic E-state index is 13.6. The molecular formula is C18H13F2N5O. The monoisotopic (exact) mass is 353 g/mol. The SMILES string of the molecule is O=C(NCc1c(F)cccc1F)c1cnn(-c2nc3ccccc3[nH]2)c1. The van der Waals surface area contributed by atoms with Gasteiger partial charge in [-0.2, -0.15) is 5.10 Å². The van der Waals surface area contributed by atoms with Crippen LogP contribution in [0.4, 0.5) is 8.78 Å². The van der Waals surface area contributed by atoms with E-state index in [9.17, 15) is 13.6 Å². The summed E-state index contributed by atoms with van der Waals surface area (Å²) >= 11 is 0. The van der Waals surface area contributed by atoms with Crippen LogP contribution >= 0.6 is 0 Å². The molecular weight excluding hydrogens is 340 g/mol. The number of H-pyrrole nitrogens is 1. The number of nitrogens with one attached hydrogen (secondary N) is 2. The molecule has 0 spiro atoms. The van der Waals surface area contributed by atoms with Crippen molar-refractivity contribution in [2.24, 2.45) is 0 Å². The molecule has 0 saturated carbocycles. The second-order valence-corrected chi connectivity index (χ2v) is 5.63. The number of aromatic amines is 1. The maximum absolute atomic E-state index is 13.6. The zero-order valence-corrected chi connectivity index (χ0v) is 13.4. The van der Waals surface area contributed by atoms with Gasteiger partial charge in [0.2, 0.25) is 5.95 Å². The van der Waals surface area contributed by atoms with Gasteiger partial charge in [-0.15, -0.1) is 0 Å². The third-order valence-electron chi connectivity index (χ3n) is 3.93. The van der Waals surface area contributed by atoms with Gasteiger partial charge in [-0.1, -0.05) is 18.2 Å². The number of aromatic nitrogens is 4. The number of amides is 1. The number of carbonyl (C=O) groups is 1. The standard InChI is InChI=1S/C18H13F2N5O/c19-13-4-3-5-14(20)12(13)9-21-17(26)11-8-22-25(10-11)18-23-15-6-1-2-7-16(15)24-18/h1-8,10H,9H2,(H,21,26)(H,23,24). The van der Waals surface area contributed by atoms with Crippen LogP contribution in [0.2, 0.25) is 0 Å². The fourth-order valence-corrected chi connectivity index (χ4v) is 2.58. The molecule has 4 rings (SSSR count). The molecule has 0 unspecified atom stereocenters. The van der Waals surface area contributed by atoms with Crippen molar-refractivity contribution in [1.29, 1.82) is 0 Å². The molecule has 2 aromatic heterocycles. The average Bonchev–Trinajstić information content (AvgIpc) is 3.28. The van der Waals surface area contributed by atoms with E-state index in [-0.39, 0.29) is 17.7 Å². The minimum atomic E-state index is -0.705. The quantitative estimate of drug-likeness (QED) is 0.592. The van der Waals surface area contributed by atoms with Crippen molar-refractivity contribution in [3.63, 3.8) is 0 Å². The average molecular weight is 353 g/mol. The predicted octanol–water partition coefficient (Wildman–Crippen LogP) is 2.96. The first-order valence-electron chi connectivity index (χ1n) is 7.83. The Morgan fingerprint density at radius 2 is 1.88 bits per heavy atom. The van der Waals surface area contributed by atoms with E-state index in [4.69, 9.17) is 0 Å². The van der Waals surface area contributed by atoms with Crippen LogP contribution in [-0.4, -0.2) is 25.7 Å². The lowest BCUT2D eigenvalue weighted by Gasteiger charge is -2.06. The molecule has 0 radical (unpaired) electrons. The van der Waals surface area contributed by atoms with E-state index in [0.29, 0.717) is 5.95 Å². The molecule has 2 heterocycles. The third-order valence-corrected chi connectivity index (χ3v) is 3.93. The second-order valence-electron chi connectivity index (χ2n) is 5.63. The Labute approximate surface area is 146 Å². The molecule has 0 bridgehead atoms. The molecule has 2 aromatic carbocycles. The Morgan fingerprint density at radius 1 is 1.12 bits per heavy atom. The topological polar surface area (TPSA) is 75.6 Å². The van der Waals surface area contributed by atoms with Crippen LogP contribution in [0.15, 0.2) is 54.9 Å². The highest BCUT2D eigenvalue weighted by atomic mass is 19.1. The number of halogens is 2. The van der Waals surface area contributed by atoms with Gasteiger partial charge in [-0.25, -0.2) is 18.4 Å². The summed E-state index contributed by atoms with van der Waals surface area (Å²) in [5.41, 5.74) is 1.69. The van der Waals surface area contributed by atoms with Gasteiger partial charge in [-0.3, -0.25) is 4.79 Å². The van der Waals surface area contributed by atoms with Crippen LogP contribution in [0.1, 0.15) is 15.9 Å². The zero-order chi connectivity index (χ0) is 18.1. The Hall–Kier alpha value is -3.55. The molecule has 0 aliphatic rings. The normalized spacial score (nSPS) is 11.0. The first-order chi connectivity index (χ1) is 12.6. The summed E-state index contributed by atoms with van der Waals surface area (Å²) in [7, 11) is 0. The van der Waals surface area contributed by atoms with Crippen molar-refractivity contribution in [3.05, 3.63) is 77.6 Å². The molecule has 8 heteroatoms. The minimum Gasteiger partial charge on any atom is -0.348 e. The van der Waals surface area contributed by atoms with Gasteiger partial charge < -0.3 is 10.3 Å². The molecule has 0 aliphatic heterocycles. The van der Waals surface area contributed by atoms with Gasteiger partial charge in [0.05, 0.1) is 22.8 Å². The van der Waals surface area contributed by atoms with Gasteiger partial charge >= 0.3 is 0 Å². The van der Waals surface area contributed by atoms with E-state index in [2.05, 4.69) is 20.4 Å². The number of hydrogen-bond donors (Lipinski definition) is 2. The van der Waals surface area contributed by atoms with E-state index < -0.39 is 17.5 Å². The van der Waals surface area contributed by atoms with Crippen LogP contribution in [0.5, 0.6) is 0 Å².